The quantitative estimate of drug-likeness (QED) is 0.480. The summed E-state index contributed by atoms with van der Waals surface area (Å²) in [5.41, 5.74) is -0.463. The number of nitrogens with one attached hydrogen (secondary N) is 1. The van der Waals surface area contributed by atoms with Crippen LogP contribution in [-0.4, -0.2) is 24.5 Å². The number of hydrogen-bond donors (Lipinski definition) is 1. The Balaban J connectivity index is 2.65. The normalized spacial score (nSPS) is 10.1. The van der Waals surface area contributed by atoms with Crippen LogP contribution in [-0.2, 0) is 9.53 Å². The van der Waals surface area contributed by atoms with Crippen molar-refractivity contribution >= 4 is 17.3 Å². The third-order valence-electron chi connectivity index (χ3n) is 2.18. The minimum absolute atomic E-state index is 0.200. The van der Waals surface area contributed by atoms with Gasteiger partial charge in [0.25, 0.3) is 0 Å². The van der Waals surface area contributed by atoms with Gasteiger partial charge in [0.05, 0.1) is 4.92 Å². The Kier molecular flexibility index (Phi) is 5.19. The number of hydrogen-bond acceptors (Lipinski definition) is 4. The zero-order valence-corrected chi connectivity index (χ0v) is 9.81. The molecule has 0 atom stereocenters. The Morgan fingerprint density at radius 3 is 2.89 bits per heavy atom. The van der Waals surface area contributed by atoms with E-state index in [4.69, 9.17) is 4.74 Å². The molecule has 0 aliphatic carbocycles. The Morgan fingerprint density at radius 2 is 2.28 bits per heavy atom. The zero-order chi connectivity index (χ0) is 13.5. The van der Waals surface area contributed by atoms with E-state index in [1.165, 1.54) is 13.2 Å². The summed E-state index contributed by atoms with van der Waals surface area (Å²) in [4.78, 5) is 21.1. The molecule has 0 fully saturated rings. The van der Waals surface area contributed by atoms with E-state index in [9.17, 15) is 19.3 Å². The SMILES string of the molecule is COCCCC(=O)Nc1ccc(F)c([N+](=O)[O-])c1. The molecule has 1 aromatic carbocycles. The van der Waals surface area contributed by atoms with Gasteiger partial charge in [-0.25, -0.2) is 0 Å². The summed E-state index contributed by atoms with van der Waals surface area (Å²) in [6.45, 7) is 0.455. The molecule has 1 N–H and O–H groups in total. The Hall–Kier alpha value is -2.02. The highest BCUT2D eigenvalue weighted by Crippen LogP contribution is 2.21. The summed E-state index contributed by atoms with van der Waals surface area (Å²) in [5.74, 6) is -1.23. The van der Waals surface area contributed by atoms with Gasteiger partial charge in [-0.05, 0) is 18.6 Å². The predicted molar refractivity (Wildman–Crippen MR) is 62.8 cm³/mol. The maximum Gasteiger partial charge on any atom is 0.306 e. The number of ether oxygens (including phenoxy) is 1. The number of amides is 1. The first-order chi connectivity index (χ1) is 8.54. The molecule has 0 aliphatic heterocycles. The largest absolute Gasteiger partial charge is 0.385 e. The second-order valence-electron chi connectivity index (χ2n) is 3.57. The Morgan fingerprint density at radius 1 is 1.56 bits per heavy atom. The Labute approximate surface area is 103 Å². The van der Waals surface area contributed by atoms with Crippen molar-refractivity contribution < 1.29 is 18.8 Å². The van der Waals surface area contributed by atoms with E-state index < -0.39 is 16.4 Å². The van der Waals surface area contributed by atoms with Crippen LogP contribution < -0.4 is 5.32 Å². The van der Waals surface area contributed by atoms with Crippen LogP contribution in [0.5, 0.6) is 0 Å². The number of nitro groups is 1. The summed E-state index contributed by atoms with van der Waals surface area (Å²) < 4.78 is 17.8. The van der Waals surface area contributed by atoms with Crippen LogP contribution in [0, 0.1) is 15.9 Å². The van der Waals surface area contributed by atoms with Crippen molar-refractivity contribution in [2.45, 2.75) is 12.8 Å². The maximum atomic E-state index is 13.0. The van der Waals surface area contributed by atoms with Crippen molar-refractivity contribution in [3.63, 3.8) is 0 Å². The number of halogens is 1. The predicted octanol–water partition coefficient (Wildman–Crippen LogP) is 2.10. The second kappa shape index (κ2) is 6.65. The summed E-state index contributed by atoms with van der Waals surface area (Å²) in [6.07, 6.45) is 0.782. The molecule has 1 rings (SSSR count). The molecule has 6 nitrogen and oxygen atoms in total. The van der Waals surface area contributed by atoms with Crippen LogP contribution >= 0.6 is 0 Å². The van der Waals surface area contributed by atoms with E-state index in [0.717, 1.165) is 12.1 Å². The number of benzene rings is 1. The highest BCUT2D eigenvalue weighted by Gasteiger charge is 2.15. The lowest BCUT2D eigenvalue weighted by atomic mass is 10.2. The van der Waals surface area contributed by atoms with Gasteiger partial charge in [-0.3, -0.25) is 14.9 Å². The second-order valence-corrected chi connectivity index (χ2v) is 3.57. The number of carbonyl (C=O) groups excluding carboxylic acids is 1. The van der Waals surface area contributed by atoms with E-state index in [-0.39, 0.29) is 18.0 Å². The molecule has 7 heteroatoms. The number of rotatable bonds is 6. The minimum Gasteiger partial charge on any atom is -0.385 e. The van der Waals surface area contributed by atoms with Crippen molar-refractivity contribution in [3.05, 3.63) is 34.1 Å². The third kappa shape index (κ3) is 4.10. The van der Waals surface area contributed by atoms with Crippen LogP contribution in [0.15, 0.2) is 18.2 Å². The molecule has 18 heavy (non-hydrogen) atoms. The van der Waals surface area contributed by atoms with E-state index in [0.29, 0.717) is 13.0 Å². The summed E-state index contributed by atoms with van der Waals surface area (Å²) >= 11 is 0. The van der Waals surface area contributed by atoms with Gasteiger partial charge in [0.15, 0.2) is 0 Å². The smallest absolute Gasteiger partial charge is 0.306 e. The molecule has 1 aromatic rings. The molecule has 0 aliphatic rings. The summed E-state index contributed by atoms with van der Waals surface area (Å²) in [6, 6.07) is 3.21. The molecule has 0 heterocycles. The lowest BCUT2D eigenvalue weighted by Crippen LogP contribution is -2.12. The van der Waals surface area contributed by atoms with Crippen molar-refractivity contribution in [3.8, 4) is 0 Å². The lowest BCUT2D eigenvalue weighted by molar-refractivity contribution is -0.387. The van der Waals surface area contributed by atoms with Gasteiger partial charge in [0.1, 0.15) is 0 Å². The first-order valence-corrected chi connectivity index (χ1v) is 5.27. The van der Waals surface area contributed by atoms with Crippen LogP contribution in [0.3, 0.4) is 0 Å². The minimum atomic E-state index is -0.933. The number of nitrogens with zero attached hydrogens (tertiary/aromatic N) is 1. The van der Waals surface area contributed by atoms with Crippen molar-refractivity contribution in [2.24, 2.45) is 0 Å². The number of carbonyl (C=O) groups is 1. The molecule has 0 radical (unpaired) electrons. The highest BCUT2D eigenvalue weighted by molar-refractivity contribution is 5.90. The molecule has 98 valence electrons. The van der Waals surface area contributed by atoms with Crippen molar-refractivity contribution in [1.29, 1.82) is 0 Å². The molecule has 0 aromatic heterocycles. The molecule has 0 unspecified atom stereocenters. The van der Waals surface area contributed by atoms with Gasteiger partial charge in [0, 0.05) is 31.9 Å². The molecule has 1 amide bonds. The number of nitro benzene ring substituents is 1. The van der Waals surface area contributed by atoms with E-state index in [2.05, 4.69) is 5.32 Å². The van der Waals surface area contributed by atoms with Gasteiger partial charge in [-0.15, -0.1) is 0 Å². The first kappa shape index (κ1) is 14.0. The topological polar surface area (TPSA) is 81.5 Å². The Bertz CT molecular complexity index is 451. The monoisotopic (exact) mass is 256 g/mol. The first-order valence-electron chi connectivity index (χ1n) is 5.27. The zero-order valence-electron chi connectivity index (χ0n) is 9.81. The highest BCUT2D eigenvalue weighted by atomic mass is 19.1. The van der Waals surface area contributed by atoms with Crippen LogP contribution in [0.2, 0.25) is 0 Å². The standard InChI is InChI=1S/C11H13FN2O4/c1-18-6-2-3-11(15)13-8-4-5-9(12)10(7-8)14(16)17/h4-5,7H,2-3,6H2,1H3,(H,13,15). The molecule has 0 saturated carbocycles. The molecular weight excluding hydrogens is 243 g/mol. The van der Waals surface area contributed by atoms with Crippen LogP contribution in [0.1, 0.15) is 12.8 Å². The summed E-state index contributed by atoms with van der Waals surface area (Å²) in [5, 5.41) is 13.0. The number of anilines is 1. The summed E-state index contributed by atoms with van der Waals surface area (Å²) in [7, 11) is 1.53. The average Bonchev–Trinajstić information content (AvgIpc) is 2.31. The van der Waals surface area contributed by atoms with Crippen molar-refractivity contribution in [2.75, 3.05) is 19.0 Å². The molecule has 0 saturated heterocycles. The average molecular weight is 256 g/mol. The van der Waals surface area contributed by atoms with E-state index in [1.807, 2.05) is 0 Å². The van der Waals surface area contributed by atoms with E-state index in [1.54, 1.807) is 0 Å². The van der Waals surface area contributed by atoms with Gasteiger partial charge in [-0.2, -0.15) is 4.39 Å². The molecule has 0 spiro atoms. The van der Waals surface area contributed by atoms with Gasteiger partial charge < -0.3 is 10.1 Å². The van der Waals surface area contributed by atoms with Crippen molar-refractivity contribution in [1.82, 2.24) is 0 Å². The fraction of sp³-hybridized carbons (Fsp3) is 0.364. The number of methoxy groups -OCH3 is 1. The maximum absolute atomic E-state index is 13.0. The fourth-order valence-electron chi connectivity index (χ4n) is 1.33. The van der Waals surface area contributed by atoms with Crippen LogP contribution in [0.4, 0.5) is 15.8 Å². The molecular formula is C11H13FN2O4. The lowest BCUT2D eigenvalue weighted by Gasteiger charge is -2.05. The third-order valence-corrected chi connectivity index (χ3v) is 2.18. The van der Waals surface area contributed by atoms with Gasteiger partial charge in [-0.1, -0.05) is 0 Å². The van der Waals surface area contributed by atoms with Gasteiger partial charge >= 0.3 is 5.69 Å². The van der Waals surface area contributed by atoms with Gasteiger partial charge in [0.2, 0.25) is 11.7 Å². The molecule has 0 bridgehead atoms. The van der Waals surface area contributed by atoms with Crippen LogP contribution in [0.25, 0.3) is 0 Å². The fourth-order valence-corrected chi connectivity index (χ4v) is 1.33. The van der Waals surface area contributed by atoms with E-state index >= 15 is 0 Å².